The molecular weight excluding hydrogens is 706 g/mol. The Morgan fingerprint density at radius 2 is 1.38 bits per heavy atom. The molecule has 2 amide bonds. The molecule has 1 aromatic rings. The van der Waals surface area contributed by atoms with Crippen LogP contribution in [0.2, 0.25) is 0 Å². The number of halogens is 2. The van der Waals surface area contributed by atoms with Gasteiger partial charge in [0.05, 0.1) is 29.9 Å². The molecule has 0 spiro atoms. The molecule has 1 aliphatic heterocycles. The number of rotatable bonds is 26. The number of benzene rings is 1. The number of nitrogens with zero attached hydrogens (tertiary/aromatic N) is 5. The van der Waals surface area contributed by atoms with Gasteiger partial charge >= 0.3 is 11.8 Å². The van der Waals surface area contributed by atoms with E-state index in [2.05, 4.69) is 41.9 Å². The van der Waals surface area contributed by atoms with Crippen LogP contribution >= 0.6 is 31.9 Å². The Hall–Kier alpha value is -1.85. The van der Waals surface area contributed by atoms with Gasteiger partial charge in [-0.25, -0.2) is 9.59 Å². The minimum Gasteiger partial charge on any atom is -0.376 e. The van der Waals surface area contributed by atoms with Crippen LogP contribution in [0.25, 0.3) is 10.4 Å². The van der Waals surface area contributed by atoms with Crippen molar-refractivity contribution in [1.82, 2.24) is 0 Å². The Kier molecular flexibility index (Phi) is 19.1. The van der Waals surface area contributed by atoms with Crippen molar-refractivity contribution < 1.29 is 23.7 Å². The predicted octanol–water partition coefficient (Wildman–Crippen LogP) is 9.56. The fourth-order valence-electron chi connectivity index (χ4n) is 6.32. The van der Waals surface area contributed by atoms with Crippen molar-refractivity contribution in [2.24, 2.45) is 5.11 Å². The molecule has 0 radical (unpaired) electrons. The number of hydrogen-bond donors (Lipinski definition) is 0. The van der Waals surface area contributed by atoms with Crippen molar-refractivity contribution >= 4 is 43.7 Å². The summed E-state index contributed by atoms with van der Waals surface area (Å²) in [7, 11) is 0. The van der Waals surface area contributed by atoms with E-state index in [0.29, 0.717) is 30.4 Å². The smallest absolute Gasteiger partial charge is 0.354 e. The van der Waals surface area contributed by atoms with Crippen LogP contribution in [-0.4, -0.2) is 69.3 Å². The largest absolute Gasteiger partial charge is 0.376 e. The zero-order chi connectivity index (χ0) is 33.1. The van der Waals surface area contributed by atoms with Crippen molar-refractivity contribution in [2.75, 3.05) is 23.7 Å². The zero-order valence-electron chi connectivity index (χ0n) is 27.1. The molecule has 0 N–H and O–H groups in total. The topological polar surface area (TPSA) is 135 Å². The van der Waals surface area contributed by atoms with Gasteiger partial charge in [0, 0.05) is 39.4 Å². The predicted molar refractivity (Wildman–Crippen MR) is 186 cm³/mol. The van der Waals surface area contributed by atoms with Crippen LogP contribution in [0.5, 0.6) is 0 Å². The molecule has 45 heavy (non-hydrogen) atoms. The molecule has 1 heterocycles. The lowest BCUT2D eigenvalue weighted by atomic mass is 9.99. The highest BCUT2D eigenvalue weighted by molar-refractivity contribution is 9.09. The third-order valence-corrected chi connectivity index (χ3v) is 9.73. The van der Waals surface area contributed by atoms with E-state index in [0.717, 1.165) is 55.6 Å². The van der Waals surface area contributed by atoms with Crippen molar-refractivity contribution in [2.45, 2.75) is 134 Å². The molecule has 0 saturated heterocycles. The average molecular weight is 759 g/mol. The zero-order valence-corrected chi connectivity index (χ0v) is 30.3. The van der Waals surface area contributed by atoms with E-state index in [1.165, 1.54) is 25.7 Å². The Morgan fingerprint density at radius 3 is 1.89 bits per heavy atom. The van der Waals surface area contributed by atoms with Gasteiger partial charge in [-0.2, -0.15) is 4.48 Å². The third kappa shape index (κ3) is 13.1. The molecule has 0 aliphatic carbocycles. The summed E-state index contributed by atoms with van der Waals surface area (Å²) in [6, 6.07) is 4.92. The van der Waals surface area contributed by atoms with Gasteiger partial charge in [0.15, 0.2) is 6.54 Å². The number of carbonyl (C=O) groups is 2. The number of imide groups is 1. The Labute approximate surface area is 285 Å². The van der Waals surface area contributed by atoms with Crippen LogP contribution in [0.15, 0.2) is 29.4 Å². The third-order valence-electron chi connectivity index (χ3n) is 8.61. The molecule has 3 unspecified atom stereocenters. The second kappa shape index (κ2) is 21.9. The first-order valence-corrected chi connectivity index (χ1v) is 18.9. The number of carbonyl (C=O) groups excluding carboxylic acids is 2. The standard InChI is InChI=1S/C33H52Br2N5O5/c1-26(2)45-29(17-10-5-3-4-7-13-21-34)18-15-23-40(32(41)30-19-11-12-20-31(30)33(40)42)25-28(39(43)44)24-27(37-38-36)16-9-6-8-14-22-35/h11-12,19-20,26-29H,3-10,13-18,21-25H2,1-2H3/q+1. The lowest BCUT2D eigenvalue weighted by molar-refractivity contribution is -0.783. The maximum atomic E-state index is 14.0. The molecule has 252 valence electrons. The molecule has 10 nitrogen and oxygen atoms in total. The van der Waals surface area contributed by atoms with Crippen LogP contribution in [0.4, 0.5) is 0 Å². The van der Waals surface area contributed by atoms with E-state index in [1.54, 1.807) is 24.3 Å². The van der Waals surface area contributed by atoms with Crippen LogP contribution in [0.1, 0.15) is 131 Å². The van der Waals surface area contributed by atoms with Crippen LogP contribution in [-0.2, 0) is 4.74 Å². The van der Waals surface area contributed by atoms with Gasteiger partial charge in [0.25, 0.3) is 6.04 Å². The summed E-state index contributed by atoms with van der Waals surface area (Å²) >= 11 is 6.91. The first kappa shape index (κ1) is 39.3. The van der Waals surface area contributed by atoms with Crippen molar-refractivity contribution in [3.8, 4) is 0 Å². The second-order valence-electron chi connectivity index (χ2n) is 12.5. The van der Waals surface area contributed by atoms with Crippen LogP contribution < -0.4 is 0 Å². The molecule has 0 fully saturated rings. The SMILES string of the molecule is CC(C)OC(CCCCCCCCBr)CCC[N+]1(CC(CC(CCCCCCBr)N=[N+]=[N-])[N+](=O)[O-])C(=O)c2ccccc2C1=O. The molecule has 0 aromatic heterocycles. The van der Waals surface area contributed by atoms with E-state index in [9.17, 15) is 25.2 Å². The van der Waals surface area contributed by atoms with Gasteiger partial charge in [-0.1, -0.05) is 100 Å². The van der Waals surface area contributed by atoms with Gasteiger partial charge in [-0.3, -0.25) is 10.1 Å². The van der Waals surface area contributed by atoms with Gasteiger partial charge in [0.1, 0.15) is 0 Å². The summed E-state index contributed by atoms with van der Waals surface area (Å²) in [6.07, 6.45) is 13.5. The molecule has 1 aromatic carbocycles. The monoisotopic (exact) mass is 756 g/mol. The number of azide groups is 1. The Morgan fingerprint density at radius 1 is 0.867 bits per heavy atom. The van der Waals surface area contributed by atoms with Crippen LogP contribution in [0.3, 0.4) is 0 Å². The number of alkyl halides is 2. The van der Waals surface area contributed by atoms with Crippen molar-refractivity contribution in [3.63, 3.8) is 0 Å². The van der Waals surface area contributed by atoms with E-state index in [4.69, 9.17) is 4.74 Å². The number of fused-ring (bicyclic) bond motifs is 1. The fraction of sp³-hybridized carbons (Fsp3) is 0.758. The highest BCUT2D eigenvalue weighted by Crippen LogP contribution is 2.33. The number of unbranched alkanes of at least 4 members (excludes halogenated alkanes) is 8. The molecule has 12 heteroatoms. The molecule has 2 rings (SSSR count). The van der Waals surface area contributed by atoms with Gasteiger partial charge in [0.2, 0.25) is 0 Å². The van der Waals surface area contributed by atoms with Gasteiger partial charge in [-0.15, -0.1) is 0 Å². The highest BCUT2D eigenvalue weighted by atomic mass is 79.9. The summed E-state index contributed by atoms with van der Waals surface area (Å²) in [4.78, 5) is 42.9. The normalized spacial score (nSPS) is 15.9. The van der Waals surface area contributed by atoms with E-state index >= 15 is 0 Å². The van der Waals surface area contributed by atoms with E-state index in [-0.39, 0.29) is 43.5 Å². The molecule has 0 bridgehead atoms. The number of ether oxygens (including phenoxy) is 1. The minimum atomic E-state index is -1.21. The summed E-state index contributed by atoms with van der Waals surface area (Å²) in [5.74, 6) is -0.773. The number of nitro groups is 1. The Balaban J connectivity index is 2.19. The highest BCUT2D eigenvalue weighted by Gasteiger charge is 2.56. The van der Waals surface area contributed by atoms with Gasteiger partial charge < -0.3 is 4.74 Å². The minimum absolute atomic E-state index is 0.00650. The first-order valence-electron chi connectivity index (χ1n) is 16.7. The second-order valence-corrected chi connectivity index (χ2v) is 14.1. The molecular formula is C33H52Br2N5O5+. The number of amides is 2. The number of quaternary nitrogens is 1. The maximum Gasteiger partial charge on any atom is 0.354 e. The lowest BCUT2D eigenvalue weighted by Crippen LogP contribution is -2.58. The summed E-state index contributed by atoms with van der Waals surface area (Å²) in [5.41, 5.74) is 9.81. The summed E-state index contributed by atoms with van der Waals surface area (Å²) in [6.45, 7) is 3.93. The first-order chi connectivity index (χ1) is 21.7. The van der Waals surface area contributed by atoms with Crippen LogP contribution in [0, 0.1) is 10.1 Å². The quantitative estimate of drug-likeness (QED) is 0.0107. The lowest BCUT2D eigenvalue weighted by Gasteiger charge is -2.31. The maximum absolute atomic E-state index is 14.0. The molecule has 1 aliphatic rings. The number of hydrogen-bond acceptors (Lipinski definition) is 6. The van der Waals surface area contributed by atoms with E-state index in [1.807, 2.05) is 13.8 Å². The summed E-state index contributed by atoms with van der Waals surface area (Å²) < 4.78 is 5.62. The molecule has 0 saturated carbocycles. The van der Waals surface area contributed by atoms with E-state index < -0.39 is 21.5 Å². The Bertz CT molecular complexity index is 1080. The fourth-order valence-corrected chi connectivity index (χ4v) is 7.12. The average Bonchev–Trinajstić information content (AvgIpc) is 3.21. The van der Waals surface area contributed by atoms with Crippen molar-refractivity contribution in [1.29, 1.82) is 0 Å². The summed E-state index contributed by atoms with van der Waals surface area (Å²) in [5, 5.41) is 18.3. The molecule has 3 atom stereocenters. The van der Waals surface area contributed by atoms with Gasteiger partial charge in [-0.05, 0) is 63.6 Å². The van der Waals surface area contributed by atoms with Crippen molar-refractivity contribution in [3.05, 3.63) is 55.9 Å².